The molecule has 0 aliphatic carbocycles. The van der Waals surface area contributed by atoms with E-state index in [1.807, 2.05) is 12.1 Å². The van der Waals surface area contributed by atoms with Gasteiger partial charge in [0.1, 0.15) is 0 Å². The van der Waals surface area contributed by atoms with Gasteiger partial charge >= 0.3 is 0 Å². The number of nitrogens with zero attached hydrogens (tertiary/aromatic N) is 3. The standard InChI is InChI=1S/C12H11O2P.C3H6N6/c13-15(14,11-7-3-1-4-8-11)12-9-5-2-6-10-12;4-1-7-2(5)9-3(6)8-1/h1-10H,(H,13,14);(H6,4,5,6,7,8,9). The Balaban J connectivity index is 0.000000198. The van der Waals surface area contributed by atoms with Crippen molar-refractivity contribution >= 4 is 35.8 Å². The van der Waals surface area contributed by atoms with Crippen LogP contribution in [-0.2, 0) is 4.57 Å². The van der Waals surface area contributed by atoms with Crippen LogP contribution in [0.3, 0.4) is 0 Å². The van der Waals surface area contributed by atoms with E-state index in [0.717, 1.165) is 0 Å². The molecule has 2 aromatic carbocycles. The molecule has 0 saturated carbocycles. The van der Waals surface area contributed by atoms with Gasteiger partial charge in [0.25, 0.3) is 7.37 Å². The molecule has 0 aliphatic rings. The molecule has 0 atom stereocenters. The molecule has 3 rings (SSSR count). The summed E-state index contributed by atoms with van der Waals surface area (Å²) >= 11 is 0. The topological polar surface area (TPSA) is 154 Å². The summed E-state index contributed by atoms with van der Waals surface area (Å²) in [6, 6.07) is 17.4. The molecule has 9 heteroatoms. The van der Waals surface area contributed by atoms with Gasteiger partial charge in [-0.2, -0.15) is 15.0 Å². The van der Waals surface area contributed by atoms with Crippen LogP contribution in [0.2, 0.25) is 0 Å². The molecule has 8 nitrogen and oxygen atoms in total. The Morgan fingerprint density at radius 1 is 0.667 bits per heavy atom. The molecule has 0 aliphatic heterocycles. The normalized spacial score (nSPS) is 10.5. The Kier molecular flexibility index (Phi) is 5.47. The van der Waals surface area contributed by atoms with Gasteiger partial charge in [0.2, 0.25) is 17.8 Å². The fraction of sp³-hybridized carbons (Fsp3) is 0. The zero-order valence-electron chi connectivity index (χ0n) is 12.6. The number of nitrogen functional groups attached to an aromatic ring is 3. The van der Waals surface area contributed by atoms with E-state index in [1.54, 1.807) is 48.5 Å². The lowest BCUT2D eigenvalue weighted by Crippen LogP contribution is -2.14. The molecule has 124 valence electrons. The van der Waals surface area contributed by atoms with Crippen LogP contribution in [0, 0.1) is 0 Å². The van der Waals surface area contributed by atoms with Crippen LogP contribution in [0.25, 0.3) is 0 Å². The Labute approximate surface area is 138 Å². The van der Waals surface area contributed by atoms with Crippen LogP contribution in [-0.4, -0.2) is 19.8 Å². The van der Waals surface area contributed by atoms with Crippen molar-refractivity contribution in [1.29, 1.82) is 0 Å². The summed E-state index contributed by atoms with van der Waals surface area (Å²) in [6.07, 6.45) is 0. The van der Waals surface area contributed by atoms with Crippen molar-refractivity contribution in [1.82, 2.24) is 15.0 Å². The first kappa shape index (κ1) is 17.4. The monoisotopic (exact) mass is 344 g/mol. The maximum atomic E-state index is 12.2. The molecular weight excluding hydrogens is 327 g/mol. The van der Waals surface area contributed by atoms with E-state index in [2.05, 4.69) is 15.0 Å². The van der Waals surface area contributed by atoms with E-state index >= 15 is 0 Å². The van der Waals surface area contributed by atoms with Crippen molar-refractivity contribution in [3.05, 3.63) is 60.7 Å². The first-order valence-electron chi connectivity index (χ1n) is 6.86. The lowest BCUT2D eigenvalue weighted by atomic mass is 10.4. The predicted octanol–water partition coefficient (Wildman–Crippen LogP) is 0.526. The van der Waals surface area contributed by atoms with E-state index in [0.29, 0.717) is 10.6 Å². The summed E-state index contributed by atoms with van der Waals surface area (Å²) in [5.41, 5.74) is 15.4. The second kappa shape index (κ2) is 7.54. The van der Waals surface area contributed by atoms with Crippen molar-refractivity contribution < 1.29 is 9.46 Å². The average molecular weight is 344 g/mol. The van der Waals surface area contributed by atoms with Crippen LogP contribution < -0.4 is 27.8 Å². The smallest absolute Gasteiger partial charge is 0.258 e. The second-order valence-corrected chi connectivity index (χ2v) is 6.84. The molecule has 0 amide bonds. The number of benzene rings is 2. The maximum Gasteiger partial charge on any atom is 0.258 e. The van der Waals surface area contributed by atoms with E-state index in [-0.39, 0.29) is 17.8 Å². The third-order valence-corrected chi connectivity index (χ3v) is 4.90. The summed E-state index contributed by atoms with van der Waals surface area (Å²) in [7, 11) is -3.40. The van der Waals surface area contributed by atoms with Crippen LogP contribution in [0.1, 0.15) is 0 Å². The van der Waals surface area contributed by atoms with Gasteiger partial charge in [-0.3, -0.25) is 4.57 Å². The van der Waals surface area contributed by atoms with Crippen molar-refractivity contribution in [2.24, 2.45) is 0 Å². The maximum absolute atomic E-state index is 12.2. The average Bonchev–Trinajstić information content (AvgIpc) is 2.56. The van der Waals surface area contributed by atoms with Crippen LogP contribution in [0.15, 0.2) is 60.7 Å². The zero-order valence-corrected chi connectivity index (χ0v) is 13.5. The largest absolute Gasteiger partial charge is 0.368 e. The predicted molar refractivity (Wildman–Crippen MR) is 95.0 cm³/mol. The minimum Gasteiger partial charge on any atom is -0.368 e. The minimum atomic E-state index is -3.40. The van der Waals surface area contributed by atoms with Crippen LogP contribution in [0.4, 0.5) is 17.8 Å². The lowest BCUT2D eigenvalue weighted by Gasteiger charge is -2.11. The molecule has 0 spiro atoms. The van der Waals surface area contributed by atoms with E-state index in [9.17, 15) is 9.46 Å². The fourth-order valence-corrected chi connectivity index (χ4v) is 3.29. The molecule has 7 N–H and O–H groups in total. The highest BCUT2D eigenvalue weighted by Gasteiger charge is 2.22. The van der Waals surface area contributed by atoms with Gasteiger partial charge < -0.3 is 22.1 Å². The highest BCUT2D eigenvalue weighted by molar-refractivity contribution is 7.73. The first-order valence-corrected chi connectivity index (χ1v) is 8.52. The van der Waals surface area contributed by atoms with Gasteiger partial charge in [-0.15, -0.1) is 0 Å². The van der Waals surface area contributed by atoms with Crippen molar-refractivity contribution in [3.8, 4) is 0 Å². The summed E-state index contributed by atoms with van der Waals surface area (Å²) in [5, 5.41) is 0.937. The molecule has 1 aromatic heterocycles. The molecule has 3 aromatic rings. The molecular formula is C15H17N6O2P. The van der Waals surface area contributed by atoms with Gasteiger partial charge in [-0.05, 0) is 24.3 Å². The van der Waals surface area contributed by atoms with Crippen LogP contribution in [0.5, 0.6) is 0 Å². The van der Waals surface area contributed by atoms with Gasteiger partial charge in [0.05, 0.1) is 0 Å². The number of rotatable bonds is 2. The number of nitrogens with two attached hydrogens (primary N) is 3. The number of aromatic nitrogens is 3. The summed E-state index contributed by atoms with van der Waals surface area (Å²) in [6.45, 7) is 0. The van der Waals surface area contributed by atoms with E-state index in [1.165, 1.54) is 0 Å². The highest BCUT2D eigenvalue weighted by Crippen LogP contribution is 2.37. The summed E-state index contributed by atoms with van der Waals surface area (Å²) in [4.78, 5) is 20.5. The SMILES string of the molecule is Nc1nc(N)nc(N)n1.O=P(O)(c1ccccc1)c1ccccc1. The van der Waals surface area contributed by atoms with Crippen LogP contribution >= 0.6 is 7.37 Å². The molecule has 24 heavy (non-hydrogen) atoms. The first-order chi connectivity index (χ1) is 11.4. The zero-order chi connectivity index (χ0) is 17.6. The van der Waals surface area contributed by atoms with Gasteiger partial charge in [-0.1, -0.05) is 36.4 Å². The molecule has 0 radical (unpaired) electrons. The summed E-state index contributed by atoms with van der Waals surface area (Å²) < 4.78 is 12.2. The van der Waals surface area contributed by atoms with Gasteiger partial charge in [-0.25, -0.2) is 0 Å². The Morgan fingerprint density at radius 3 is 1.25 bits per heavy atom. The number of hydrogen-bond donors (Lipinski definition) is 4. The Hall–Kier alpha value is -2.96. The van der Waals surface area contributed by atoms with E-state index < -0.39 is 7.37 Å². The van der Waals surface area contributed by atoms with Crippen molar-refractivity contribution in [2.75, 3.05) is 17.2 Å². The Bertz CT molecular complexity index is 751. The minimum absolute atomic E-state index is 0.0417. The molecule has 1 heterocycles. The number of hydrogen-bond acceptors (Lipinski definition) is 7. The molecule has 0 fully saturated rings. The number of anilines is 3. The fourth-order valence-electron chi connectivity index (χ4n) is 1.84. The second-order valence-electron chi connectivity index (χ2n) is 4.66. The molecule has 0 bridgehead atoms. The molecule has 0 unspecified atom stereocenters. The third-order valence-electron chi connectivity index (χ3n) is 2.90. The highest BCUT2D eigenvalue weighted by atomic mass is 31.2. The van der Waals surface area contributed by atoms with Crippen molar-refractivity contribution in [3.63, 3.8) is 0 Å². The molecule has 0 saturated heterocycles. The van der Waals surface area contributed by atoms with E-state index in [4.69, 9.17) is 17.2 Å². The lowest BCUT2D eigenvalue weighted by molar-refractivity contribution is 0.501. The summed E-state index contributed by atoms with van der Waals surface area (Å²) in [5.74, 6) is 0.125. The van der Waals surface area contributed by atoms with Gasteiger partial charge in [0.15, 0.2) is 0 Å². The Morgan fingerprint density at radius 2 is 0.958 bits per heavy atom. The third kappa shape index (κ3) is 4.52. The van der Waals surface area contributed by atoms with Crippen molar-refractivity contribution in [2.45, 2.75) is 0 Å². The quantitative estimate of drug-likeness (QED) is 0.491. The van der Waals surface area contributed by atoms with Gasteiger partial charge in [0, 0.05) is 10.6 Å².